The molecule has 0 heterocycles. The van der Waals surface area contributed by atoms with Gasteiger partial charge >= 0.3 is 6.36 Å². The van der Waals surface area contributed by atoms with Crippen LogP contribution in [0.2, 0.25) is 0 Å². The second-order valence-corrected chi connectivity index (χ2v) is 6.13. The Morgan fingerprint density at radius 3 is 2.56 bits per heavy atom. The van der Waals surface area contributed by atoms with Gasteiger partial charge in [0, 0.05) is 23.7 Å². The quantitative estimate of drug-likeness (QED) is 0.399. The molecule has 168 valence electrons. The van der Waals surface area contributed by atoms with Gasteiger partial charge in [-0.25, -0.2) is 0 Å². The minimum atomic E-state index is -4.78. The van der Waals surface area contributed by atoms with E-state index in [-0.39, 0.29) is 18.1 Å². The van der Waals surface area contributed by atoms with Gasteiger partial charge in [-0.3, -0.25) is 4.79 Å². The minimum Gasteiger partial charge on any atom is -0.406 e. The Hall–Kier alpha value is -4.00. The average Bonchev–Trinajstić information content (AvgIpc) is 2.75. The second-order valence-electron chi connectivity index (χ2n) is 6.13. The van der Waals surface area contributed by atoms with E-state index in [9.17, 15) is 18.0 Å². The number of carbonyl (C=O) groups is 1. The predicted molar refractivity (Wildman–Crippen MR) is 112 cm³/mol. The summed E-state index contributed by atoms with van der Waals surface area (Å²) in [5, 5.41) is 10.2. The van der Waals surface area contributed by atoms with E-state index < -0.39 is 12.3 Å². The van der Waals surface area contributed by atoms with Crippen LogP contribution in [0, 0.1) is 11.8 Å². The normalized spacial score (nSPS) is 11.8. The fourth-order valence-electron chi connectivity index (χ4n) is 2.45. The van der Waals surface area contributed by atoms with Gasteiger partial charge < -0.3 is 19.7 Å². The molecule has 10 heteroatoms. The van der Waals surface area contributed by atoms with Crippen molar-refractivity contribution in [3.8, 4) is 17.6 Å². The Morgan fingerprint density at radius 1 is 1.12 bits per heavy atom. The number of alkyl halides is 3. The number of hydrogen-bond donors (Lipinski definition) is 1. The highest BCUT2D eigenvalue weighted by Crippen LogP contribution is 2.23. The van der Waals surface area contributed by atoms with Crippen molar-refractivity contribution in [3.63, 3.8) is 0 Å². The van der Waals surface area contributed by atoms with Crippen LogP contribution in [-0.2, 0) is 21.1 Å². The second kappa shape index (κ2) is 11.4. The van der Waals surface area contributed by atoms with Crippen molar-refractivity contribution in [1.29, 1.82) is 0 Å². The van der Waals surface area contributed by atoms with Gasteiger partial charge in [0.25, 0.3) is 5.91 Å². The van der Waals surface area contributed by atoms with Gasteiger partial charge in [0.15, 0.2) is 5.71 Å². The number of hydrogen-bond acceptors (Lipinski definition) is 6. The topological polar surface area (TPSA) is 81.5 Å². The van der Waals surface area contributed by atoms with Gasteiger partial charge in [0.1, 0.15) is 25.2 Å². The summed E-state index contributed by atoms with van der Waals surface area (Å²) in [5.41, 5.74) is 1.83. The van der Waals surface area contributed by atoms with Gasteiger partial charge in [-0.05, 0) is 31.0 Å². The third-order valence-electron chi connectivity index (χ3n) is 3.77. The summed E-state index contributed by atoms with van der Waals surface area (Å²) in [6.45, 7) is 1.60. The van der Waals surface area contributed by atoms with Crippen molar-refractivity contribution in [2.45, 2.75) is 19.9 Å². The zero-order chi connectivity index (χ0) is 23.6. The highest BCUT2D eigenvalue weighted by atomic mass is 19.4. The number of likely N-dealkylation sites (N-methyl/N-ethyl adjacent to an activating group) is 1. The molecular formula is C22H20F3N3O4. The van der Waals surface area contributed by atoms with E-state index in [1.807, 2.05) is 0 Å². The van der Waals surface area contributed by atoms with E-state index >= 15 is 0 Å². The maximum absolute atomic E-state index is 12.3. The van der Waals surface area contributed by atoms with E-state index in [1.165, 1.54) is 38.4 Å². The van der Waals surface area contributed by atoms with Crippen LogP contribution < -0.4 is 10.1 Å². The van der Waals surface area contributed by atoms with Crippen molar-refractivity contribution in [2.24, 2.45) is 10.3 Å². The third-order valence-corrected chi connectivity index (χ3v) is 3.77. The zero-order valence-electron chi connectivity index (χ0n) is 17.5. The monoisotopic (exact) mass is 447 g/mol. The molecule has 0 spiro atoms. The molecule has 2 rings (SSSR count). The molecule has 1 amide bonds. The van der Waals surface area contributed by atoms with E-state index in [0.717, 1.165) is 0 Å². The molecule has 32 heavy (non-hydrogen) atoms. The molecule has 0 atom stereocenters. The van der Waals surface area contributed by atoms with E-state index in [0.29, 0.717) is 22.4 Å². The minimum absolute atomic E-state index is 0.0177. The summed E-state index contributed by atoms with van der Waals surface area (Å²) in [4.78, 5) is 22.2. The molecule has 0 aliphatic heterocycles. The van der Waals surface area contributed by atoms with Gasteiger partial charge in [0.2, 0.25) is 0 Å². The van der Waals surface area contributed by atoms with Gasteiger partial charge in [-0.15, -0.1) is 13.2 Å². The standard InChI is InChI=1S/C22H20F3N3O4/c1-15(11-12-16-7-6-9-18(13-16)32-22(23,24)25)27-31-14-17-8-4-5-10-19(17)20(28-30-3)21(29)26-2/h4-10,13H,14H2,1-3H3,(H,26,29)/b27-15+,28-20+. The number of amides is 1. The van der Waals surface area contributed by atoms with Gasteiger partial charge in [-0.1, -0.05) is 46.6 Å². The third kappa shape index (κ3) is 7.68. The molecule has 0 radical (unpaired) electrons. The largest absolute Gasteiger partial charge is 0.573 e. The van der Waals surface area contributed by atoms with Crippen LogP contribution in [0.4, 0.5) is 13.2 Å². The van der Waals surface area contributed by atoms with Crippen molar-refractivity contribution in [3.05, 3.63) is 65.2 Å². The number of nitrogens with one attached hydrogen (secondary N) is 1. The fourth-order valence-corrected chi connectivity index (χ4v) is 2.45. The van der Waals surface area contributed by atoms with E-state index in [2.05, 4.69) is 32.2 Å². The first-order valence-electron chi connectivity index (χ1n) is 9.19. The first kappa shape index (κ1) is 24.3. The number of ether oxygens (including phenoxy) is 1. The molecule has 0 aliphatic rings. The number of benzene rings is 2. The van der Waals surface area contributed by atoms with Crippen molar-refractivity contribution >= 4 is 17.3 Å². The van der Waals surface area contributed by atoms with Crippen LogP contribution >= 0.6 is 0 Å². The summed E-state index contributed by atoms with van der Waals surface area (Å²) in [6, 6.07) is 12.2. The summed E-state index contributed by atoms with van der Waals surface area (Å²) in [5.74, 6) is 4.59. The lowest BCUT2D eigenvalue weighted by Gasteiger charge is -2.09. The number of oxime groups is 2. The number of halogens is 3. The molecule has 0 fully saturated rings. The van der Waals surface area contributed by atoms with Crippen molar-refractivity contribution < 1.29 is 32.4 Å². The van der Waals surface area contributed by atoms with Crippen LogP contribution in [0.25, 0.3) is 0 Å². The maximum Gasteiger partial charge on any atom is 0.573 e. The smallest absolute Gasteiger partial charge is 0.406 e. The van der Waals surface area contributed by atoms with Crippen LogP contribution in [0.3, 0.4) is 0 Å². The van der Waals surface area contributed by atoms with Crippen molar-refractivity contribution in [1.82, 2.24) is 5.32 Å². The molecule has 0 bridgehead atoms. The summed E-state index contributed by atoms with van der Waals surface area (Å²) >= 11 is 0. The Bertz CT molecular complexity index is 1070. The first-order chi connectivity index (χ1) is 15.2. The molecule has 0 saturated carbocycles. The summed E-state index contributed by atoms with van der Waals surface area (Å²) < 4.78 is 40.8. The summed E-state index contributed by atoms with van der Waals surface area (Å²) in [6.07, 6.45) is -4.78. The Kier molecular flexibility index (Phi) is 8.65. The lowest BCUT2D eigenvalue weighted by molar-refractivity contribution is -0.274. The number of nitrogens with zero attached hydrogens (tertiary/aromatic N) is 2. The molecule has 0 aliphatic carbocycles. The van der Waals surface area contributed by atoms with Crippen LogP contribution in [-0.4, -0.2) is 37.9 Å². The van der Waals surface area contributed by atoms with Crippen LogP contribution in [0.15, 0.2) is 58.8 Å². The number of rotatable bonds is 7. The highest BCUT2D eigenvalue weighted by Gasteiger charge is 2.31. The van der Waals surface area contributed by atoms with Crippen LogP contribution in [0.5, 0.6) is 5.75 Å². The number of carbonyl (C=O) groups excluding carboxylic acids is 1. The molecule has 0 saturated heterocycles. The highest BCUT2D eigenvalue weighted by molar-refractivity contribution is 6.45. The van der Waals surface area contributed by atoms with Crippen LogP contribution in [0.1, 0.15) is 23.6 Å². The Balaban J connectivity index is 2.10. The molecular weight excluding hydrogens is 427 g/mol. The first-order valence-corrected chi connectivity index (χ1v) is 9.19. The fraction of sp³-hybridized carbons (Fsp3) is 0.227. The molecule has 2 aromatic rings. The summed E-state index contributed by atoms with van der Waals surface area (Å²) in [7, 11) is 2.81. The maximum atomic E-state index is 12.3. The molecule has 2 aromatic carbocycles. The van der Waals surface area contributed by atoms with Crippen molar-refractivity contribution in [2.75, 3.05) is 14.2 Å². The molecule has 0 aromatic heterocycles. The Labute approximate surface area is 182 Å². The average molecular weight is 447 g/mol. The lowest BCUT2D eigenvalue weighted by Crippen LogP contribution is -2.29. The zero-order valence-corrected chi connectivity index (χ0v) is 17.5. The Morgan fingerprint density at radius 2 is 1.88 bits per heavy atom. The molecule has 0 unspecified atom stereocenters. The van der Waals surface area contributed by atoms with E-state index in [4.69, 9.17) is 9.68 Å². The lowest BCUT2D eigenvalue weighted by atomic mass is 10.0. The van der Waals surface area contributed by atoms with Gasteiger partial charge in [0.05, 0.1) is 0 Å². The predicted octanol–water partition coefficient (Wildman–Crippen LogP) is 3.63. The molecule has 7 nitrogen and oxygen atoms in total. The SMILES string of the molecule is CNC(=O)/C(=N/OC)c1ccccc1CO/N=C(\C)C#Cc1cccc(OC(F)(F)F)c1. The van der Waals surface area contributed by atoms with Gasteiger partial charge in [-0.2, -0.15) is 0 Å². The van der Waals surface area contributed by atoms with E-state index in [1.54, 1.807) is 31.2 Å². The molecule has 1 N–H and O–H groups in total.